The number of nitrogens with one attached hydrogen (secondary N) is 2. The van der Waals surface area contributed by atoms with E-state index in [0.29, 0.717) is 42.9 Å². The molecule has 1 aromatic heterocycles. The lowest BCUT2D eigenvalue weighted by Gasteiger charge is -2.11. The van der Waals surface area contributed by atoms with Gasteiger partial charge in [0.25, 0.3) is 5.91 Å². The fourth-order valence-corrected chi connectivity index (χ4v) is 4.06. The second kappa shape index (κ2) is 9.66. The summed E-state index contributed by atoms with van der Waals surface area (Å²) in [5.74, 6) is -1.77. The molecule has 10 heteroatoms. The van der Waals surface area contributed by atoms with Crippen LogP contribution in [0.3, 0.4) is 0 Å². The number of aliphatic imine (C=N–C) groups is 1. The highest BCUT2D eigenvalue weighted by Gasteiger charge is 2.23. The van der Waals surface area contributed by atoms with Crippen LogP contribution >= 0.6 is 23.4 Å². The first-order valence-electron chi connectivity index (χ1n) is 10.2. The van der Waals surface area contributed by atoms with Crippen molar-refractivity contribution < 1.29 is 19.5 Å². The molecule has 0 spiro atoms. The Labute approximate surface area is 204 Å². The van der Waals surface area contributed by atoms with Crippen molar-refractivity contribution in [3.63, 3.8) is 0 Å². The summed E-state index contributed by atoms with van der Waals surface area (Å²) in [6, 6.07) is 11.9. The molecule has 0 atom stereocenters. The number of carboxylic acids is 1. The molecule has 8 nitrogen and oxygen atoms in total. The third-order valence-corrected chi connectivity index (χ3v) is 6.10. The molecule has 0 fully saturated rings. The average Bonchev–Trinajstić information content (AvgIpc) is 3.13. The molecule has 0 unspecified atom stereocenters. The number of rotatable bonds is 5. The molecular weight excluding hydrogens is 476 g/mol. The van der Waals surface area contributed by atoms with Gasteiger partial charge in [-0.3, -0.25) is 14.6 Å². The van der Waals surface area contributed by atoms with Gasteiger partial charge in [0.15, 0.2) is 5.17 Å². The Morgan fingerprint density at radius 2 is 1.94 bits per heavy atom. The fourth-order valence-electron chi connectivity index (χ4n) is 3.07. The Balaban J connectivity index is 1.52. The molecule has 4 rings (SSSR count). The highest BCUT2D eigenvalue weighted by Crippen LogP contribution is 2.33. The highest BCUT2D eigenvalue weighted by molar-refractivity contribution is 8.18. The average molecular weight is 495 g/mol. The number of aromatic carboxylic acids is 1. The first-order chi connectivity index (χ1) is 16.2. The standard InChI is InChI=1S/C24H19ClN4O4S/c1-12(2)21(30)27-16-4-5-17(25)19(10-16)28-24-29-22(31)20(34-24)8-13-3-6-18-14(7-13)9-15(11-26-18)23(32)33/h3-12H,1-2H3,(H,27,30)(H,32,33)(H,28,29,31). The number of fused-ring (bicyclic) bond motifs is 1. The van der Waals surface area contributed by atoms with E-state index in [1.54, 1.807) is 56.3 Å². The number of amidine groups is 1. The lowest BCUT2D eigenvalue weighted by Crippen LogP contribution is -2.17. The Hall–Kier alpha value is -3.69. The molecule has 0 bridgehead atoms. The minimum Gasteiger partial charge on any atom is -0.478 e. The second-order valence-corrected chi connectivity index (χ2v) is 9.22. The number of carbonyl (C=O) groups is 3. The first kappa shape index (κ1) is 23.5. The summed E-state index contributed by atoms with van der Waals surface area (Å²) < 4.78 is 0. The maximum Gasteiger partial charge on any atom is 0.337 e. The minimum atomic E-state index is -1.06. The predicted molar refractivity (Wildman–Crippen MR) is 135 cm³/mol. The number of benzene rings is 2. The van der Waals surface area contributed by atoms with Gasteiger partial charge in [0, 0.05) is 23.2 Å². The lowest BCUT2D eigenvalue weighted by atomic mass is 10.1. The van der Waals surface area contributed by atoms with Gasteiger partial charge >= 0.3 is 5.97 Å². The maximum atomic E-state index is 12.5. The zero-order valence-corrected chi connectivity index (χ0v) is 19.7. The number of halogens is 1. The number of carboxylic acid groups (broad SMARTS) is 1. The van der Waals surface area contributed by atoms with Crippen LogP contribution < -0.4 is 10.6 Å². The largest absolute Gasteiger partial charge is 0.478 e. The van der Waals surface area contributed by atoms with Crippen LogP contribution in [-0.4, -0.2) is 33.0 Å². The van der Waals surface area contributed by atoms with Crippen LogP contribution in [0.2, 0.25) is 5.02 Å². The van der Waals surface area contributed by atoms with E-state index in [1.165, 1.54) is 12.3 Å². The van der Waals surface area contributed by atoms with Crippen LogP contribution in [0.5, 0.6) is 0 Å². The van der Waals surface area contributed by atoms with Gasteiger partial charge in [-0.1, -0.05) is 31.5 Å². The third kappa shape index (κ3) is 5.27. The smallest absolute Gasteiger partial charge is 0.337 e. The number of hydrogen-bond acceptors (Lipinski definition) is 6. The van der Waals surface area contributed by atoms with Gasteiger partial charge in [-0.15, -0.1) is 0 Å². The molecule has 0 saturated carbocycles. The number of nitrogens with zero attached hydrogens (tertiary/aromatic N) is 2. The van der Waals surface area contributed by atoms with Gasteiger partial charge in [-0.2, -0.15) is 4.99 Å². The number of carbonyl (C=O) groups excluding carboxylic acids is 2. The van der Waals surface area contributed by atoms with Crippen molar-refractivity contribution in [1.29, 1.82) is 0 Å². The molecular formula is C24H19ClN4O4S. The topological polar surface area (TPSA) is 121 Å². The van der Waals surface area contributed by atoms with E-state index in [1.807, 2.05) is 0 Å². The quantitative estimate of drug-likeness (QED) is 0.413. The van der Waals surface area contributed by atoms with E-state index >= 15 is 0 Å². The molecule has 1 aliphatic heterocycles. The highest BCUT2D eigenvalue weighted by atomic mass is 35.5. The molecule has 3 N–H and O–H groups in total. The minimum absolute atomic E-state index is 0.0853. The Morgan fingerprint density at radius 3 is 2.68 bits per heavy atom. The van der Waals surface area contributed by atoms with E-state index < -0.39 is 11.9 Å². The Bertz CT molecular complexity index is 1400. The number of pyridine rings is 1. The van der Waals surface area contributed by atoms with E-state index in [0.717, 1.165) is 11.8 Å². The number of thioether (sulfide) groups is 1. The predicted octanol–water partition coefficient (Wildman–Crippen LogP) is 5.26. The van der Waals surface area contributed by atoms with E-state index in [4.69, 9.17) is 11.6 Å². The van der Waals surface area contributed by atoms with Gasteiger partial charge in [-0.05, 0) is 59.8 Å². The van der Waals surface area contributed by atoms with Crippen molar-refractivity contribution in [2.24, 2.45) is 10.9 Å². The Kier molecular flexibility index (Phi) is 6.67. The van der Waals surface area contributed by atoms with Crippen LogP contribution in [0.15, 0.2) is 58.6 Å². The molecule has 2 aromatic carbocycles. The zero-order chi connectivity index (χ0) is 24.4. The fraction of sp³-hybridized carbons (Fsp3) is 0.125. The normalized spacial score (nSPS) is 14.5. The van der Waals surface area contributed by atoms with Crippen LogP contribution in [0, 0.1) is 5.92 Å². The summed E-state index contributed by atoms with van der Waals surface area (Å²) in [5.41, 5.74) is 2.52. The monoisotopic (exact) mass is 494 g/mol. The van der Waals surface area contributed by atoms with Gasteiger partial charge in [0.05, 0.1) is 26.7 Å². The molecule has 1 aliphatic rings. The SMILES string of the molecule is CC(C)C(=O)Nc1ccc(Cl)c(NC2=NC(=O)C(=Cc3ccc4ncc(C(=O)O)cc4c3)S2)c1. The third-order valence-electron chi connectivity index (χ3n) is 4.87. The first-order valence-corrected chi connectivity index (χ1v) is 11.4. The van der Waals surface area contributed by atoms with Crippen LogP contribution in [-0.2, 0) is 9.59 Å². The van der Waals surface area contributed by atoms with Crippen molar-refractivity contribution in [2.75, 3.05) is 10.6 Å². The number of amides is 2. The lowest BCUT2D eigenvalue weighted by molar-refractivity contribution is -0.119. The molecule has 2 amide bonds. The number of aromatic nitrogens is 1. The van der Waals surface area contributed by atoms with Gasteiger partial charge in [0.2, 0.25) is 5.91 Å². The molecule has 0 aliphatic carbocycles. The van der Waals surface area contributed by atoms with E-state index in [-0.39, 0.29) is 17.4 Å². The summed E-state index contributed by atoms with van der Waals surface area (Å²) >= 11 is 7.43. The molecule has 0 radical (unpaired) electrons. The van der Waals surface area contributed by atoms with Crippen molar-refractivity contribution in [3.8, 4) is 0 Å². The molecule has 34 heavy (non-hydrogen) atoms. The molecule has 172 valence electrons. The maximum absolute atomic E-state index is 12.5. The van der Waals surface area contributed by atoms with Crippen molar-refractivity contribution >= 4 is 74.7 Å². The van der Waals surface area contributed by atoms with E-state index in [2.05, 4.69) is 20.6 Å². The van der Waals surface area contributed by atoms with Gasteiger partial charge in [0.1, 0.15) is 0 Å². The second-order valence-electron chi connectivity index (χ2n) is 7.78. The summed E-state index contributed by atoms with van der Waals surface area (Å²) in [6.45, 7) is 3.59. The Morgan fingerprint density at radius 1 is 1.15 bits per heavy atom. The van der Waals surface area contributed by atoms with Crippen molar-refractivity contribution in [3.05, 3.63) is 69.7 Å². The number of hydrogen-bond donors (Lipinski definition) is 3. The summed E-state index contributed by atoms with van der Waals surface area (Å²) in [6.07, 6.45) is 2.98. The van der Waals surface area contributed by atoms with Crippen LogP contribution in [0.25, 0.3) is 17.0 Å². The zero-order valence-electron chi connectivity index (χ0n) is 18.1. The summed E-state index contributed by atoms with van der Waals surface area (Å²) in [4.78, 5) is 44.2. The summed E-state index contributed by atoms with van der Waals surface area (Å²) in [5, 5.41) is 16.4. The van der Waals surface area contributed by atoms with Crippen molar-refractivity contribution in [1.82, 2.24) is 4.98 Å². The number of anilines is 2. The van der Waals surface area contributed by atoms with Crippen LogP contribution in [0.4, 0.5) is 11.4 Å². The molecule has 3 aromatic rings. The molecule has 0 saturated heterocycles. The van der Waals surface area contributed by atoms with Crippen LogP contribution in [0.1, 0.15) is 29.8 Å². The van der Waals surface area contributed by atoms with Gasteiger partial charge in [-0.25, -0.2) is 4.79 Å². The molecule has 2 heterocycles. The van der Waals surface area contributed by atoms with Crippen molar-refractivity contribution in [2.45, 2.75) is 13.8 Å². The van der Waals surface area contributed by atoms with Gasteiger partial charge < -0.3 is 15.7 Å². The summed E-state index contributed by atoms with van der Waals surface area (Å²) in [7, 11) is 0. The van der Waals surface area contributed by atoms with E-state index in [9.17, 15) is 19.5 Å².